The zero-order valence-corrected chi connectivity index (χ0v) is 8.85. The van der Waals surface area contributed by atoms with Gasteiger partial charge in [0.1, 0.15) is 5.82 Å². The van der Waals surface area contributed by atoms with E-state index in [9.17, 15) is 0 Å². The minimum absolute atomic E-state index is 0.472. The highest BCUT2D eigenvalue weighted by Crippen LogP contribution is 2.31. The molecule has 4 nitrogen and oxygen atoms in total. The molecule has 1 unspecified atom stereocenters. The molecule has 1 aromatic heterocycles. The Labute approximate surface area is 89.6 Å². The smallest absolute Gasteiger partial charge is 0.124 e. The molecule has 82 valence electrons. The second-order valence-electron chi connectivity index (χ2n) is 4.55. The summed E-state index contributed by atoms with van der Waals surface area (Å²) in [5.41, 5.74) is 0. The van der Waals surface area contributed by atoms with Crippen LogP contribution in [0.25, 0.3) is 0 Å². The fourth-order valence-electron chi connectivity index (χ4n) is 2.00. The predicted octanol–water partition coefficient (Wildman–Crippen LogP) is 1.49. The molecular weight excluding hydrogens is 190 g/mol. The Morgan fingerprint density at radius 3 is 3.13 bits per heavy atom. The van der Waals surface area contributed by atoms with E-state index in [1.807, 2.05) is 6.20 Å². The van der Waals surface area contributed by atoms with Gasteiger partial charge in [0.15, 0.2) is 0 Å². The molecule has 15 heavy (non-hydrogen) atoms. The normalized spacial score (nSPS) is 25.7. The maximum absolute atomic E-state index is 5.35. The van der Waals surface area contributed by atoms with Crippen LogP contribution in [0.15, 0.2) is 12.3 Å². The van der Waals surface area contributed by atoms with Crippen LogP contribution in [0.5, 0.6) is 0 Å². The SMILES string of the molecule is c1cc(NC2CCOC2)n(CC2CC2)n1. The second-order valence-corrected chi connectivity index (χ2v) is 4.55. The average Bonchev–Trinajstić information content (AvgIpc) is 2.75. The predicted molar refractivity (Wildman–Crippen MR) is 57.8 cm³/mol. The maximum Gasteiger partial charge on any atom is 0.124 e. The third-order valence-corrected chi connectivity index (χ3v) is 3.13. The number of anilines is 1. The van der Waals surface area contributed by atoms with Crippen molar-refractivity contribution in [3.63, 3.8) is 0 Å². The summed E-state index contributed by atoms with van der Waals surface area (Å²) in [7, 11) is 0. The van der Waals surface area contributed by atoms with Crippen molar-refractivity contribution in [1.29, 1.82) is 0 Å². The van der Waals surface area contributed by atoms with Gasteiger partial charge >= 0.3 is 0 Å². The summed E-state index contributed by atoms with van der Waals surface area (Å²) in [6.07, 6.45) is 5.72. The first kappa shape index (κ1) is 9.21. The van der Waals surface area contributed by atoms with Crippen LogP contribution >= 0.6 is 0 Å². The molecule has 1 saturated heterocycles. The first-order valence-electron chi connectivity index (χ1n) is 5.78. The molecule has 0 amide bonds. The molecule has 2 fully saturated rings. The quantitative estimate of drug-likeness (QED) is 0.813. The van der Waals surface area contributed by atoms with E-state index in [0.717, 1.165) is 37.9 Å². The molecule has 3 rings (SSSR count). The van der Waals surface area contributed by atoms with Crippen molar-refractivity contribution in [3.05, 3.63) is 12.3 Å². The Hall–Kier alpha value is -1.03. The third kappa shape index (κ3) is 2.15. The largest absolute Gasteiger partial charge is 0.379 e. The first-order valence-corrected chi connectivity index (χ1v) is 5.78. The van der Waals surface area contributed by atoms with Crippen LogP contribution in [0.2, 0.25) is 0 Å². The fraction of sp³-hybridized carbons (Fsp3) is 0.727. The zero-order chi connectivity index (χ0) is 10.1. The van der Waals surface area contributed by atoms with Gasteiger partial charge in [-0.2, -0.15) is 5.10 Å². The first-order chi connectivity index (χ1) is 7.42. The van der Waals surface area contributed by atoms with Crippen molar-refractivity contribution in [3.8, 4) is 0 Å². The highest BCUT2D eigenvalue weighted by Gasteiger charge is 2.23. The molecule has 1 atom stereocenters. The number of ether oxygens (including phenoxy) is 1. The molecule has 1 saturated carbocycles. The lowest BCUT2D eigenvalue weighted by molar-refractivity contribution is 0.195. The zero-order valence-electron chi connectivity index (χ0n) is 8.85. The van der Waals surface area contributed by atoms with Crippen molar-refractivity contribution in [2.45, 2.75) is 31.8 Å². The standard InChI is InChI=1S/C11H17N3O/c1-2-9(1)7-14-11(3-5-12-14)13-10-4-6-15-8-10/h3,5,9-10,13H,1-2,4,6-8H2. The van der Waals surface area contributed by atoms with Gasteiger partial charge in [-0.3, -0.25) is 0 Å². The minimum atomic E-state index is 0.472. The van der Waals surface area contributed by atoms with Crippen LogP contribution in [-0.2, 0) is 11.3 Å². The number of nitrogens with one attached hydrogen (secondary N) is 1. The summed E-state index contributed by atoms with van der Waals surface area (Å²) in [5.74, 6) is 2.02. The lowest BCUT2D eigenvalue weighted by Gasteiger charge is -2.13. The van der Waals surface area contributed by atoms with Gasteiger partial charge < -0.3 is 10.1 Å². The van der Waals surface area contributed by atoms with Gasteiger partial charge in [-0.25, -0.2) is 4.68 Å². The molecule has 0 aromatic carbocycles. The molecule has 1 aliphatic carbocycles. The number of rotatable bonds is 4. The van der Waals surface area contributed by atoms with Gasteiger partial charge in [-0.15, -0.1) is 0 Å². The van der Waals surface area contributed by atoms with Crippen molar-refractivity contribution < 1.29 is 4.74 Å². The van der Waals surface area contributed by atoms with E-state index >= 15 is 0 Å². The number of nitrogens with zero attached hydrogens (tertiary/aromatic N) is 2. The summed E-state index contributed by atoms with van der Waals surface area (Å²) in [6, 6.07) is 2.53. The van der Waals surface area contributed by atoms with E-state index < -0.39 is 0 Å². The van der Waals surface area contributed by atoms with E-state index in [2.05, 4.69) is 21.2 Å². The second kappa shape index (κ2) is 3.85. The highest BCUT2D eigenvalue weighted by molar-refractivity contribution is 5.35. The van der Waals surface area contributed by atoms with Crippen LogP contribution in [-0.4, -0.2) is 29.0 Å². The summed E-state index contributed by atoms with van der Waals surface area (Å²) in [5, 5.41) is 7.85. The van der Waals surface area contributed by atoms with Crippen molar-refractivity contribution >= 4 is 5.82 Å². The lowest BCUT2D eigenvalue weighted by atomic mass is 10.2. The summed E-state index contributed by atoms with van der Waals surface area (Å²) >= 11 is 0. The Bertz CT molecular complexity index is 326. The topological polar surface area (TPSA) is 39.1 Å². The molecule has 2 heterocycles. The van der Waals surface area contributed by atoms with E-state index in [1.165, 1.54) is 12.8 Å². The molecule has 0 radical (unpaired) electrons. The van der Waals surface area contributed by atoms with Gasteiger partial charge in [0.2, 0.25) is 0 Å². The van der Waals surface area contributed by atoms with Crippen LogP contribution < -0.4 is 5.32 Å². The maximum atomic E-state index is 5.35. The monoisotopic (exact) mass is 207 g/mol. The van der Waals surface area contributed by atoms with Gasteiger partial charge in [-0.05, 0) is 25.2 Å². The third-order valence-electron chi connectivity index (χ3n) is 3.13. The van der Waals surface area contributed by atoms with Gasteiger partial charge in [-0.1, -0.05) is 0 Å². The molecule has 1 N–H and O–H groups in total. The van der Waals surface area contributed by atoms with Crippen molar-refractivity contribution in [2.75, 3.05) is 18.5 Å². The molecule has 4 heteroatoms. The molecule has 0 bridgehead atoms. The summed E-state index contributed by atoms with van der Waals surface area (Å²) in [6.45, 7) is 2.78. The van der Waals surface area contributed by atoms with E-state index in [4.69, 9.17) is 4.74 Å². The molecular formula is C11H17N3O. The Morgan fingerprint density at radius 1 is 1.47 bits per heavy atom. The van der Waals surface area contributed by atoms with E-state index in [1.54, 1.807) is 0 Å². The average molecular weight is 207 g/mol. The van der Waals surface area contributed by atoms with Gasteiger partial charge in [0.25, 0.3) is 0 Å². The van der Waals surface area contributed by atoms with Crippen LogP contribution in [0.4, 0.5) is 5.82 Å². The number of hydrogen-bond donors (Lipinski definition) is 1. The summed E-state index contributed by atoms with van der Waals surface area (Å²) in [4.78, 5) is 0. The van der Waals surface area contributed by atoms with Crippen LogP contribution in [0.1, 0.15) is 19.3 Å². The number of aromatic nitrogens is 2. The van der Waals surface area contributed by atoms with Crippen molar-refractivity contribution in [2.24, 2.45) is 5.92 Å². The van der Waals surface area contributed by atoms with E-state index in [0.29, 0.717) is 6.04 Å². The van der Waals surface area contributed by atoms with Gasteiger partial charge in [0.05, 0.1) is 18.8 Å². The Balaban J connectivity index is 1.64. The molecule has 0 spiro atoms. The molecule has 1 aromatic rings. The summed E-state index contributed by atoms with van der Waals surface area (Å²) < 4.78 is 7.44. The molecule has 1 aliphatic heterocycles. The van der Waals surface area contributed by atoms with Crippen LogP contribution in [0, 0.1) is 5.92 Å². The van der Waals surface area contributed by atoms with Gasteiger partial charge in [0, 0.05) is 19.2 Å². The lowest BCUT2D eigenvalue weighted by Crippen LogP contribution is -2.21. The van der Waals surface area contributed by atoms with Crippen molar-refractivity contribution in [1.82, 2.24) is 9.78 Å². The fourth-order valence-corrected chi connectivity index (χ4v) is 2.00. The Morgan fingerprint density at radius 2 is 2.40 bits per heavy atom. The van der Waals surface area contributed by atoms with E-state index in [-0.39, 0.29) is 0 Å². The highest BCUT2D eigenvalue weighted by atomic mass is 16.5. The molecule has 2 aliphatic rings. The minimum Gasteiger partial charge on any atom is -0.379 e. The number of hydrogen-bond acceptors (Lipinski definition) is 3. The Kier molecular flexibility index (Phi) is 2.37. The van der Waals surface area contributed by atoms with Crippen LogP contribution in [0.3, 0.4) is 0 Å².